The maximum atomic E-state index is 6.42. The summed E-state index contributed by atoms with van der Waals surface area (Å²) < 4.78 is 12.8. The molecule has 4 aromatic carbocycles. The molecule has 2 aliphatic heterocycles. The first-order valence-electron chi connectivity index (χ1n) is 15.2. The smallest absolute Gasteiger partial charge is 0.161 e. The Balaban J connectivity index is 1.39. The number of benzene rings is 4. The molecule has 2 heterocycles. The number of anilines is 2. The average Bonchev–Trinajstić information content (AvgIpc) is 3.00. The van der Waals surface area contributed by atoms with E-state index < -0.39 is 0 Å². The lowest BCUT2D eigenvalue weighted by Gasteiger charge is -2.36. The number of fused-ring (bicyclic) bond motifs is 2. The van der Waals surface area contributed by atoms with Crippen molar-refractivity contribution in [1.29, 1.82) is 0 Å². The number of allylic oxidation sites excluding steroid dienone is 2. The lowest BCUT2D eigenvalue weighted by Crippen LogP contribution is -2.33. The van der Waals surface area contributed by atoms with Crippen LogP contribution in [0.15, 0.2) is 98.1 Å². The molecule has 0 radical (unpaired) electrons. The fourth-order valence-corrected chi connectivity index (χ4v) is 6.39. The van der Waals surface area contributed by atoms with E-state index in [0.717, 1.165) is 37.4 Å². The van der Waals surface area contributed by atoms with Crippen LogP contribution in [0.25, 0.3) is 0 Å². The van der Waals surface area contributed by atoms with Crippen molar-refractivity contribution < 1.29 is 9.47 Å². The maximum absolute atomic E-state index is 6.42. The monoisotopic (exact) mass is 570 g/mol. The minimum absolute atomic E-state index is 0.257. The molecule has 0 amide bonds. The molecule has 0 spiro atoms. The van der Waals surface area contributed by atoms with E-state index in [4.69, 9.17) is 9.47 Å². The van der Waals surface area contributed by atoms with Gasteiger partial charge in [-0.25, -0.2) is 0 Å². The summed E-state index contributed by atoms with van der Waals surface area (Å²) in [5, 5.41) is 0. The molecule has 4 aromatic rings. The van der Waals surface area contributed by atoms with Gasteiger partial charge in [0.25, 0.3) is 0 Å². The predicted octanol–water partition coefficient (Wildman–Crippen LogP) is 8.80. The maximum Gasteiger partial charge on any atom is 0.161 e. The van der Waals surface area contributed by atoms with E-state index in [0.29, 0.717) is 13.5 Å². The highest BCUT2D eigenvalue weighted by Crippen LogP contribution is 2.42. The third kappa shape index (κ3) is 5.67. The summed E-state index contributed by atoms with van der Waals surface area (Å²) in [6, 6.07) is 26.6. The van der Waals surface area contributed by atoms with Gasteiger partial charge >= 0.3 is 0 Å². The SMILES string of the molecule is C=CCc1cc(C(C)(C)c2cc(CC=C)c3c(c2)CN(c2cccc(C)c2)CO3)cc2c1OCN(c1cccc(C)c1)C2. The highest BCUT2D eigenvalue weighted by molar-refractivity contribution is 5.59. The lowest BCUT2D eigenvalue weighted by molar-refractivity contribution is 0.286. The molecule has 4 heteroatoms. The van der Waals surface area contributed by atoms with Gasteiger partial charge in [0.1, 0.15) is 11.5 Å². The molecule has 0 unspecified atom stereocenters. The van der Waals surface area contributed by atoms with Gasteiger partial charge in [0.2, 0.25) is 0 Å². The van der Waals surface area contributed by atoms with Crippen molar-refractivity contribution in [3.05, 3.63) is 143 Å². The van der Waals surface area contributed by atoms with Crippen molar-refractivity contribution >= 4 is 11.4 Å². The zero-order valence-electron chi connectivity index (χ0n) is 26.0. The molecule has 0 fully saturated rings. The summed E-state index contributed by atoms with van der Waals surface area (Å²) in [5.74, 6) is 2.01. The van der Waals surface area contributed by atoms with Crippen LogP contribution >= 0.6 is 0 Å². The van der Waals surface area contributed by atoms with Crippen LogP contribution in [0.3, 0.4) is 0 Å². The van der Waals surface area contributed by atoms with Gasteiger partial charge in [0, 0.05) is 41.0 Å². The van der Waals surface area contributed by atoms with E-state index in [1.807, 2.05) is 12.2 Å². The van der Waals surface area contributed by atoms with Crippen LogP contribution in [0.4, 0.5) is 11.4 Å². The molecule has 2 aliphatic rings. The van der Waals surface area contributed by atoms with Crippen molar-refractivity contribution in [2.75, 3.05) is 23.3 Å². The molecular formula is C39H42N2O2. The van der Waals surface area contributed by atoms with Crippen LogP contribution in [0.1, 0.15) is 58.4 Å². The Morgan fingerprint density at radius 1 is 0.674 bits per heavy atom. The summed E-state index contributed by atoms with van der Waals surface area (Å²) in [5.41, 5.74) is 12.0. The molecule has 0 bridgehead atoms. The van der Waals surface area contributed by atoms with Gasteiger partial charge in [-0.3, -0.25) is 0 Å². The topological polar surface area (TPSA) is 24.9 Å². The minimum atomic E-state index is -0.257. The molecule has 0 N–H and O–H groups in total. The van der Waals surface area contributed by atoms with E-state index >= 15 is 0 Å². The Hall–Kier alpha value is -4.44. The van der Waals surface area contributed by atoms with Gasteiger partial charge in [-0.05, 0) is 96.5 Å². The van der Waals surface area contributed by atoms with E-state index in [1.165, 1.54) is 55.9 Å². The molecule has 0 saturated carbocycles. The summed E-state index contributed by atoms with van der Waals surface area (Å²) in [4.78, 5) is 4.62. The summed E-state index contributed by atoms with van der Waals surface area (Å²) in [7, 11) is 0. The zero-order valence-corrected chi connectivity index (χ0v) is 26.0. The van der Waals surface area contributed by atoms with Crippen LogP contribution in [0.5, 0.6) is 11.5 Å². The Morgan fingerprint density at radius 3 is 1.51 bits per heavy atom. The van der Waals surface area contributed by atoms with E-state index in [-0.39, 0.29) is 5.41 Å². The Kier molecular flexibility index (Phi) is 7.79. The fraction of sp³-hybridized carbons (Fsp3) is 0.282. The Bertz CT molecular complexity index is 1560. The lowest BCUT2D eigenvalue weighted by atomic mass is 9.75. The van der Waals surface area contributed by atoms with Crippen molar-refractivity contribution in [2.24, 2.45) is 0 Å². The van der Waals surface area contributed by atoms with E-state index in [9.17, 15) is 0 Å². The summed E-state index contributed by atoms with van der Waals surface area (Å²) in [6.07, 6.45) is 5.48. The van der Waals surface area contributed by atoms with Crippen molar-refractivity contribution in [3.8, 4) is 11.5 Å². The van der Waals surface area contributed by atoms with Crippen LogP contribution in [-0.2, 0) is 31.3 Å². The van der Waals surface area contributed by atoms with Gasteiger partial charge in [0.15, 0.2) is 13.5 Å². The number of hydrogen-bond acceptors (Lipinski definition) is 4. The second kappa shape index (κ2) is 11.7. The van der Waals surface area contributed by atoms with Gasteiger partial charge in [-0.1, -0.05) is 62.4 Å². The molecule has 0 atom stereocenters. The number of aryl methyl sites for hydroxylation is 2. The predicted molar refractivity (Wildman–Crippen MR) is 179 cm³/mol. The second-order valence-electron chi connectivity index (χ2n) is 12.5. The zero-order chi connectivity index (χ0) is 30.1. The number of ether oxygens (including phenoxy) is 2. The van der Waals surface area contributed by atoms with Crippen molar-refractivity contribution in [1.82, 2.24) is 0 Å². The quantitative estimate of drug-likeness (QED) is 0.198. The molecule has 0 aromatic heterocycles. The van der Waals surface area contributed by atoms with Crippen LogP contribution < -0.4 is 19.3 Å². The molecule has 220 valence electrons. The number of rotatable bonds is 8. The first-order chi connectivity index (χ1) is 20.8. The highest BCUT2D eigenvalue weighted by atomic mass is 16.5. The molecular weight excluding hydrogens is 528 g/mol. The first kappa shape index (κ1) is 28.7. The van der Waals surface area contributed by atoms with Crippen LogP contribution in [-0.4, -0.2) is 13.5 Å². The first-order valence-corrected chi connectivity index (χ1v) is 15.2. The fourth-order valence-electron chi connectivity index (χ4n) is 6.39. The largest absolute Gasteiger partial charge is 0.472 e. The van der Waals surface area contributed by atoms with Crippen molar-refractivity contribution in [2.45, 2.75) is 59.0 Å². The molecule has 0 saturated heterocycles. The van der Waals surface area contributed by atoms with Crippen molar-refractivity contribution in [3.63, 3.8) is 0 Å². The third-order valence-electron chi connectivity index (χ3n) is 8.84. The second-order valence-corrected chi connectivity index (χ2v) is 12.5. The Labute approximate surface area is 256 Å². The number of nitrogens with zero attached hydrogens (tertiary/aromatic N) is 2. The van der Waals surface area contributed by atoms with E-state index in [1.54, 1.807) is 0 Å². The summed E-state index contributed by atoms with van der Waals surface area (Å²) in [6.45, 7) is 19.7. The average molecular weight is 571 g/mol. The van der Waals surface area contributed by atoms with Crippen LogP contribution in [0.2, 0.25) is 0 Å². The van der Waals surface area contributed by atoms with Gasteiger partial charge in [-0.2, -0.15) is 0 Å². The van der Waals surface area contributed by atoms with Gasteiger partial charge < -0.3 is 19.3 Å². The molecule has 43 heavy (non-hydrogen) atoms. The van der Waals surface area contributed by atoms with E-state index in [2.05, 4.69) is 123 Å². The minimum Gasteiger partial charge on any atom is -0.472 e. The van der Waals surface area contributed by atoms with Gasteiger partial charge in [-0.15, -0.1) is 13.2 Å². The Morgan fingerprint density at radius 2 is 1.12 bits per heavy atom. The summed E-state index contributed by atoms with van der Waals surface area (Å²) >= 11 is 0. The highest BCUT2D eigenvalue weighted by Gasteiger charge is 2.31. The molecule has 0 aliphatic carbocycles. The normalized spacial score (nSPS) is 14.3. The number of hydrogen-bond donors (Lipinski definition) is 0. The van der Waals surface area contributed by atoms with Crippen LogP contribution in [0, 0.1) is 13.8 Å². The van der Waals surface area contributed by atoms with Gasteiger partial charge in [0.05, 0.1) is 0 Å². The molecule has 4 nitrogen and oxygen atoms in total. The third-order valence-corrected chi connectivity index (χ3v) is 8.84. The molecule has 6 rings (SSSR count). The standard InChI is InChI=1S/C39H42N2O2/c1-7-11-29-19-33(21-31-23-40(25-42-37(29)31)35-15-9-13-27(3)17-35)39(5,6)34-20-30(12-8-2)38-32(22-34)24-41(26-43-38)36-16-10-14-28(4)18-36/h7-10,13-22H,1-2,11-12,23-26H2,3-6H3.